The largest absolute Gasteiger partial charge is 0.294 e. The van der Waals surface area contributed by atoms with Crippen LogP contribution in [0, 0.1) is 11.3 Å². The second-order valence-electron chi connectivity index (χ2n) is 5.00. The molecule has 118 valence electrons. The van der Waals surface area contributed by atoms with Crippen LogP contribution in [-0.4, -0.2) is 14.2 Å². The van der Waals surface area contributed by atoms with Crippen molar-refractivity contribution >= 4 is 21.5 Å². The van der Waals surface area contributed by atoms with Crippen molar-refractivity contribution in [1.29, 1.82) is 5.26 Å². The molecule has 0 bridgehead atoms. The van der Waals surface area contributed by atoms with Crippen LogP contribution in [-0.2, 0) is 10.0 Å². The Bertz CT molecular complexity index is 850. The Hall–Kier alpha value is -2.65. The van der Waals surface area contributed by atoms with Crippen LogP contribution in [0.3, 0.4) is 0 Å². The minimum Gasteiger partial charge on any atom is -0.294 e. The third-order valence-electron chi connectivity index (χ3n) is 3.21. The highest BCUT2D eigenvalue weighted by Crippen LogP contribution is 2.18. The Labute approximate surface area is 135 Å². The van der Waals surface area contributed by atoms with E-state index in [0.29, 0.717) is 17.7 Å². The van der Waals surface area contributed by atoms with Gasteiger partial charge in [-0.15, -0.1) is 0 Å². The Morgan fingerprint density at radius 2 is 1.87 bits per heavy atom. The van der Waals surface area contributed by atoms with Crippen molar-refractivity contribution in [3.63, 3.8) is 0 Å². The quantitative estimate of drug-likeness (QED) is 0.824. The standard InChI is InChI=1S/C17H16N2O3S/c1-2-4-17(20)14-7-9-15(10-8-14)19-23(21,22)16-6-3-5-13(11-16)12-18/h3,5-11,19H,2,4H2,1H3. The smallest absolute Gasteiger partial charge is 0.261 e. The van der Waals surface area contributed by atoms with Gasteiger partial charge in [0.2, 0.25) is 0 Å². The van der Waals surface area contributed by atoms with E-state index in [1.54, 1.807) is 24.3 Å². The van der Waals surface area contributed by atoms with Gasteiger partial charge in [0.1, 0.15) is 0 Å². The molecule has 0 aromatic heterocycles. The topological polar surface area (TPSA) is 87.0 Å². The van der Waals surface area contributed by atoms with Gasteiger partial charge in [-0.3, -0.25) is 9.52 Å². The lowest BCUT2D eigenvalue weighted by Gasteiger charge is -2.09. The normalized spacial score (nSPS) is 10.8. The molecule has 0 saturated carbocycles. The SMILES string of the molecule is CCCC(=O)c1ccc(NS(=O)(=O)c2cccc(C#N)c2)cc1. The van der Waals surface area contributed by atoms with Gasteiger partial charge in [-0.05, 0) is 48.9 Å². The van der Waals surface area contributed by atoms with Gasteiger partial charge in [0.15, 0.2) is 5.78 Å². The fourth-order valence-corrected chi connectivity index (χ4v) is 3.15. The summed E-state index contributed by atoms with van der Waals surface area (Å²) in [5.74, 6) is 0.0311. The molecule has 0 unspecified atom stereocenters. The molecule has 6 heteroatoms. The molecule has 0 spiro atoms. The van der Waals surface area contributed by atoms with E-state index >= 15 is 0 Å². The predicted octanol–water partition coefficient (Wildman–Crippen LogP) is 3.34. The van der Waals surface area contributed by atoms with Crippen molar-refractivity contribution in [1.82, 2.24) is 0 Å². The Morgan fingerprint density at radius 3 is 2.48 bits per heavy atom. The number of benzene rings is 2. The number of hydrogen-bond acceptors (Lipinski definition) is 4. The van der Waals surface area contributed by atoms with E-state index < -0.39 is 10.0 Å². The van der Waals surface area contributed by atoms with Crippen molar-refractivity contribution in [2.75, 3.05) is 4.72 Å². The summed E-state index contributed by atoms with van der Waals surface area (Å²) in [6.45, 7) is 1.93. The molecule has 2 rings (SSSR count). The summed E-state index contributed by atoms with van der Waals surface area (Å²) in [5.41, 5.74) is 1.19. The highest BCUT2D eigenvalue weighted by Gasteiger charge is 2.15. The van der Waals surface area contributed by atoms with Crippen LogP contribution in [0.5, 0.6) is 0 Å². The second kappa shape index (κ2) is 7.07. The average Bonchev–Trinajstić information content (AvgIpc) is 2.55. The monoisotopic (exact) mass is 328 g/mol. The van der Waals surface area contributed by atoms with E-state index in [0.717, 1.165) is 6.42 Å². The summed E-state index contributed by atoms with van der Waals surface area (Å²) in [7, 11) is -3.78. The van der Waals surface area contributed by atoms with E-state index in [1.165, 1.54) is 24.3 Å². The van der Waals surface area contributed by atoms with E-state index in [2.05, 4.69) is 4.72 Å². The highest BCUT2D eigenvalue weighted by atomic mass is 32.2. The number of Topliss-reactive ketones (excluding diaryl/α,β-unsaturated/α-hetero) is 1. The van der Waals surface area contributed by atoms with Gasteiger partial charge in [-0.25, -0.2) is 8.42 Å². The van der Waals surface area contributed by atoms with Crippen LogP contribution in [0.25, 0.3) is 0 Å². The third-order valence-corrected chi connectivity index (χ3v) is 4.59. The second-order valence-corrected chi connectivity index (χ2v) is 6.68. The van der Waals surface area contributed by atoms with Gasteiger partial charge >= 0.3 is 0 Å². The molecule has 0 saturated heterocycles. The number of nitrogens with one attached hydrogen (secondary N) is 1. The number of rotatable bonds is 6. The number of sulfonamides is 1. The van der Waals surface area contributed by atoms with Crippen molar-refractivity contribution in [2.24, 2.45) is 0 Å². The maximum atomic E-state index is 12.3. The summed E-state index contributed by atoms with van der Waals surface area (Å²) in [4.78, 5) is 11.8. The lowest BCUT2D eigenvalue weighted by Crippen LogP contribution is -2.13. The molecular formula is C17H16N2O3S. The van der Waals surface area contributed by atoms with Crippen LogP contribution in [0.15, 0.2) is 53.4 Å². The zero-order chi connectivity index (χ0) is 16.9. The van der Waals surface area contributed by atoms with Gasteiger partial charge < -0.3 is 0 Å². The van der Waals surface area contributed by atoms with Crippen molar-refractivity contribution in [2.45, 2.75) is 24.7 Å². The van der Waals surface area contributed by atoms with Crippen LogP contribution < -0.4 is 4.72 Å². The molecular weight excluding hydrogens is 312 g/mol. The Kier molecular flexibility index (Phi) is 5.14. The Balaban J connectivity index is 2.20. The molecule has 5 nitrogen and oxygen atoms in total. The zero-order valence-electron chi connectivity index (χ0n) is 12.6. The van der Waals surface area contributed by atoms with Gasteiger partial charge in [-0.2, -0.15) is 5.26 Å². The van der Waals surface area contributed by atoms with Crippen molar-refractivity contribution < 1.29 is 13.2 Å². The fraction of sp³-hybridized carbons (Fsp3) is 0.176. The first kappa shape index (κ1) is 16.7. The number of hydrogen-bond donors (Lipinski definition) is 1. The maximum absolute atomic E-state index is 12.3. The lowest BCUT2D eigenvalue weighted by atomic mass is 10.1. The van der Waals surface area contributed by atoms with Crippen molar-refractivity contribution in [3.05, 3.63) is 59.7 Å². The summed E-state index contributed by atoms with van der Waals surface area (Å²) < 4.78 is 27.0. The van der Waals surface area contributed by atoms with Crippen LogP contribution in [0.2, 0.25) is 0 Å². The Morgan fingerprint density at radius 1 is 1.17 bits per heavy atom. The van der Waals surface area contributed by atoms with Gasteiger partial charge in [-0.1, -0.05) is 13.0 Å². The molecule has 0 heterocycles. The summed E-state index contributed by atoms with van der Waals surface area (Å²) in [6, 6.07) is 14.0. The number of nitriles is 1. The molecule has 1 N–H and O–H groups in total. The molecule has 0 aliphatic carbocycles. The van der Waals surface area contributed by atoms with E-state index in [-0.39, 0.29) is 16.2 Å². The van der Waals surface area contributed by atoms with Crippen LogP contribution >= 0.6 is 0 Å². The molecule has 2 aromatic carbocycles. The highest BCUT2D eigenvalue weighted by molar-refractivity contribution is 7.92. The summed E-state index contributed by atoms with van der Waals surface area (Å²) >= 11 is 0. The van der Waals surface area contributed by atoms with Gasteiger partial charge in [0.05, 0.1) is 16.5 Å². The van der Waals surface area contributed by atoms with Crippen molar-refractivity contribution in [3.8, 4) is 6.07 Å². The average molecular weight is 328 g/mol. The first-order valence-corrected chi connectivity index (χ1v) is 8.61. The maximum Gasteiger partial charge on any atom is 0.261 e. The minimum atomic E-state index is -3.78. The zero-order valence-corrected chi connectivity index (χ0v) is 13.4. The van der Waals surface area contributed by atoms with Crippen LogP contribution in [0.1, 0.15) is 35.7 Å². The molecule has 0 radical (unpaired) electrons. The summed E-state index contributed by atoms with van der Waals surface area (Å²) in [6.07, 6.45) is 1.23. The molecule has 0 aliphatic heterocycles. The number of carbonyl (C=O) groups is 1. The first-order valence-electron chi connectivity index (χ1n) is 7.12. The van der Waals surface area contributed by atoms with Gasteiger partial charge in [0, 0.05) is 17.7 Å². The number of carbonyl (C=O) groups excluding carboxylic acids is 1. The molecule has 0 amide bonds. The molecule has 0 aliphatic rings. The van der Waals surface area contributed by atoms with Crippen LogP contribution in [0.4, 0.5) is 5.69 Å². The van der Waals surface area contributed by atoms with E-state index in [1.807, 2.05) is 13.0 Å². The molecule has 0 fully saturated rings. The lowest BCUT2D eigenvalue weighted by molar-refractivity contribution is 0.0982. The molecule has 0 atom stereocenters. The first-order chi connectivity index (χ1) is 11.0. The number of nitrogens with zero attached hydrogens (tertiary/aromatic N) is 1. The fourth-order valence-electron chi connectivity index (χ4n) is 2.04. The van der Waals surface area contributed by atoms with E-state index in [9.17, 15) is 13.2 Å². The molecule has 23 heavy (non-hydrogen) atoms. The minimum absolute atomic E-state index is 0.0164. The number of ketones is 1. The van der Waals surface area contributed by atoms with E-state index in [4.69, 9.17) is 5.26 Å². The summed E-state index contributed by atoms with van der Waals surface area (Å²) in [5, 5.41) is 8.85. The number of anilines is 1. The third kappa shape index (κ3) is 4.18. The predicted molar refractivity (Wildman–Crippen MR) is 87.6 cm³/mol. The van der Waals surface area contributed by atoms with Gasteiger partial charge in [0.25, 0.3) is 10.0 Å². The molecule has 2 aromatic rings.